The molecule has 1 heterocycles. The maximum atomic E-state index is 13.4. The van der Waals surface area contributed by atoms with Gasteiger partial charge in [0, 0.05) is 17.3 Å². The van der Waals surface area contributed by atoms with Gasteiger partial charge in [0.15, 0.2) is 0 Å². The largest absolute Gasteiger partial charge is 0.497 e. The summed E-state index contributed by atoms with van der Waals surface area (Å²) in [4.78, 5) is 41.0. The summed E-state index contributed by atoms with van der Waals surface area (Å²) in [7, 11) is 1.52. The zero-order valence-corrected chi connectivity index (χ0v) is 21.6. The Bertz CT molecular complexity index is 1310. The van der Waals surface area contributed by atoms with Crippen LogP contribution in [-0.2, 0) is 9.59 Å². The molecule has 3 amide bonds. The van der Waals surface area contributed by atoms with E-state index in [1.165, 1.54) is 17.0 Å². The summed E-state index contributed by atoms with van der Waals surface area (Å²) in [6, 6.07) is 21.9. The third-order valence-corrected chi connectivity index (χ3v) is 6.42. The van der Waals surface area contributed by atoms with Crippen molar-refractivity contribution in [3.05, 3.63) is 90.0 Å². The van der Waals surface area contributed by atoms with Gasteiger partial charge in [-0.25, -0.2) is 5.01 Å². The third-order valence-electron chi connectivity index (χ3n) is 6.04. The molecule has 1 aliphatic rings. The first kappa shape index (κ1) is 25.8. The number of benzene rings is 3. The molecule has 9 heteroatoms. The lowest BCUT2D eigenvalue weighted by Gasteiger charge is -2.41. The lowest BCUT2D eigenvalue weighted by atomic mass is 10.0. The van der Waals surface area contributed by atoms with Gasteiger partial charge in [-0.1, -0.05) is 50.2 Å². The molecular formula is C28H28N4O4S. The Hall–Kier alpha value is -4.24. The molecule has 1 saturated heterocycles. The van der Waals surface area contributed by atoms with Crippen molar-refractivity contribution in [2.45, 2.75) is 32.2 Å². The molecule has 190 valence electrons. The summed E-state index contributed by atoms with van der Waals surface area (Å²) in [5.74, 6) is -0.408. The number of hydrogen-bond donors (Lipinski definition) is 2. The van der Waals surface area contributed by atoms with Crippen molar-refractivity contribution in [3.8, 4) is 5.75 Å². The predicted molar refractivity (Wildman–Crippen MR) is 146 cm³/mol. The van der Waals surface area contributed by atoms with Crippen molar-refractivity contribution in [1.29, 1.82) is 0 Å². The molecular weight excluding hydrogens is 488 g/mol. The van der Waals surface area contributed by atoms with Crippen LogP contribution in [0, 0.1) is 0 Å². The first-order valence-corrected chi connectivity index (χ1v) is 12.3. The van der Waals surface area contributed by atoms with Crippen LogP contribution in [0.1, 0.15) is 42.1 Å². The monoisotopic (exact) mass is 516 g/mol. The number of rotatable bonds is 7. The van der Waals surface area contributed by atoms with Gasteiger partial charge in [-0.3, -0.25) is 24.7 Å². The number of hydrazine groups is 1. The van der Waals surface area contributed by atoms with Crippen LogP contribution in [0.3, 0.4) is 0 Å². The quantitative estimate of drug-likeness (QED) is 0.450. The molecule has 0 aromatic heterocycles. The Balaban J connectivity index is 1.63. The molecule has 3 aromatic carbocycles. The number of nitrogens with zero attached hydrogens (tertiary/aromatic N) is 2. The summed E-state index contributed by atoms with van der Waals surface area (Å²) in [6.07, 6.45) is -0.206. The number of nitrogens with one attached hydrogen (secondary N) is 2. The number of hydrogen-bond acceptors (Lipinski definition) is 5. The second kappa shape index (κ2) is 11.2. The topological polar surface area (TPSA) is 91.0 Å². The highest BCUT2D eigenvalue weighted by molar-refractivity contribution is 7.80. The Morgan fingerprint density at radius 2 is 1.70 bits per heavy atom. The first-order chi connectivity index (χ1) is 17.8. The standard InChI is InChI=1S/C28H28N4O4S/c1-18(2)19-12-14-21(15-13-19)29-27(35)24-17-25(33)31(22-10-7-11-23(16-22)36-3)28(37)32(24)30-26(34)20-8-5-4-6-9-20/h4-16,18,24H,17H2,1-3H3,(H,29,35)(H,30,34)/t24-/m0/s1. The van der Waals surface area contributed by atoms with Gasteiger partial charge in [0.2, 0.25) is 16.9 Å². The molecule has 0 saturated carbocycles. The van der Waals surface area contributed by atoms with Gasteiger partial charge >= 0.3 is 0 Å². The Morgan fingerprint density at radius 3 is 2.35 bits per heavy atom. The van der Waals surface area contributed by atoms with Crippen LogP contribution >= 0.6 is 12.2 Å². The van der Waals surface area contributed by atoms with Gasteiger partial charge in [0.05, 0.1) is 19.2 Å². The lowest BCUT2D eigenvalue weighted by molar-refractivity contribution is -0.127. The van der Waals surface area contributed by atoms with Crippen molar-refractivity contribution in [3.63, 3.8) is 0 Å². The molecule has 0 aliphatic carbocycles. The number of anilines is 2. The minimum atomic E-state index is -1.06. The maximum absolute atomic E-state index is 13.4. The van der Waals surface area contributed by atoms with Crippen LogP contribution < -0.4 is 20.4 Å². The summed E-state index contributed by atoms with van der Waals surface area (Å²) in [6.45, 7) is 4.17. The highest BCUT2D eigenvalue weighted by Gasteiger charge is 2.42. The molecule has 1 fully saturated rings. The van der Waals surface area contributed by atoms with Crippen LogP contribution in [0.2, 0.25) is 0 Å². The van der Waals surface area contributed by atoms with Crippen LogP contribution in [0.25, 0.3) is 0 Å². The average Bonchev–Trinajstić information content (AvgIpc) is 2.91. The van der Waals surface area contributed by atoms with E-state index in [1.54, 1.807) is 54.6 Å². The third kappa shape index (κ3) is 5.78. The number of thiocarbonyl (C=S) groups is 1. The smallest absolute Gasteiger partial charge is 0.269 e. The highest BCUT2D eigenvalue weighted by atomic mass is 32.1. The Labute approximate surface area is 221 Å². The molecule has 37 heavy (non-hydrogen) atoms. The van der Waals surface area contributed by atoms with Crippen molar-refractivity contribution in [2.75, 3.05) is 17.3 Å². The van der Waals surface area contributed by atoms with Crippen molar-refractivity contribution >= 4 is 46.4 Å². The van der Waals surface area contributed by atoms with Crippen molar-refractivity contribution < 1.29 is 19.1 Å². The number of ether oxygens (including phenoxy) is 1. The summed E-state index contributed by atoms with van der Waals surface area (Å²) >= 11 is 5.66. The van der Waals surface area contributed by atoms with Crippen molar-refractivity contribution in [2.24, 2.45) is 0 Å². The van der Waals surface area contributed by atoms with E-state index in [4.69, 9.17) is 17.0 Å². The normalized spacial score (nSPS) is 15.5. The van der Waals surface area contributed by atoms with E-state index >= 15 is 0 Å². The van der Waals surface area contributed by atoms with E-state index < -0.39 is 17.9 Å². The molecule has 1 atom stereocenters. The number of carbonyl (C=O) groups is 3. The van der Waals surface area contributed by atoms with Crippen LogP contribution in [-0.4, -0.2) is 41.0 Å². The van der Waals surface area contributed by atoms with E-state index in [-0.39, 0.29) is 17.4 Å². The molecule has 3 aromatic rings. The van der Waals surface area contributed by atoms with E-state index in [0.29, 0.717) is 28.6 Å². The summed E-state index contributed by atoms with van der Waals surface area (Å²) in [5, 5.41) is 4.11. The van der Waals surface area contributed by atoms with Gasteiger partial charge in [0.25, 0.3) is 5.91 Å². The summed E-state index contributed by atoms with van der Waals surface area (Å²) in [5.41, 5.74) is 5.32. The first-order valence-electron chi connectivity index (χ1n) is 11.9. The van der Waals surface area contributed by atoms with E-state index in [1.807, 2.05) is 24.3 Å². The zero-order valence-electron chi connectivity index (χ0n) is 20.8. The Kier molecular flexibility index (Phi) is 7.83. The summed E-state index contributed by atoms with van der Waals surface area (Å²) < 4.78 is 5.29. The maximum Gasteiger partial charge on any atom is 0.269 e. The molecule has 2 N–H and O–H groups in total. The second-order valence-corrected chi connectivity index (χ2v) is 9.24. The molecule has 0 radical (unpaired) electrons. The minimum absolute atomic E-state index is 0.0240. The van der Waals surface area contributed by atoms with Gasteiger partial charge < -0.3 is 10.1 Å². The van der Waals surface area contributed by atoms with Crippen LogP contribution in [0.15, 0.2) is 78.9 Å². The highest BCUT2D eigenvalue weighted by Crippen LogP contribution is 2.28. The lowest BCUT2D eigenvalue weighted by Crippen LogP contribution is -2.65. The molecule has 1 aliphatic heterocycles. The molecule has 0 unspecified atom stereocenters. The average molecular weight is 517 g/mol. The van der Waals surface area contributed by atoms with Gasteiger partial charge in [0.1, 0.15) is 11.8 Å². The fraction of sp³-hybridized carbons (Fsp3) is 0.214. The zero-order chi connectivity index (χ0) is 26.5. The Morgan fingerprint density at radius 1 is 1.00 bits per heavy atom. The van der Waals surface area contributed by atoms with Crippen LogP contribution in [0.4, 0.5) is 11.4 Å². The predicted octanol–water partition coefficient (Wildman–Crippen LogP) is 4.49. The number of amides is 3. The molecule has 0 bridgehead atoms. The van der Waals surface area contributed by atoms with Gasteiger partial charge in [-0.2, -0.15) is 0 Å². The van der Waals surface area contributed by atoms with Crippen molar-refractivity contribution in [1.82, 2.24) is 10.4 Å². The van der Waals surface area contributed by atoms with Gasteiger partial charge in [-0.15, -0.1) is 0 Å². The SMILES string of the molecule is COc1cccc(N2C(=O)C[C@@H](C(=O)Nc3ccc(C(C)C)cc3)N(NC(=O)c3ccccc3)C2=S)c1. The molecule has 8 nitrogen and oxygen atoms in total. The van der Waals surface area contributed by atoms with Gasteiger partial charge in [-0.05, 0) is 60.1 Å². The van der Waals surface area contributed by atoms with E-state index in [0.717, 1.165) is 5.56 Å². The number of carbonyl (C=O) groups excluding carboxylic acids is 3. The minimum Gasteiger partial charge on any atom is -0.497 e. The molecule has 0 spiro atoms. The fourth-order valence-corrected chi connectivity index (χ4v) is 4.36. The number of methoxy groups -OCH3 is 1. The van der Waals surface area contributed by atoms with E-state index in [2.05, 4.69) is 24.6 Å². The van der Waals surface area contributed by atoms with Crippen LogP contribution in [0.5, 0.6) is 5.75 Å². The second-order valence-electron chi connectivity index (χ2n) is 8.88. The fourth-order valence-electron chi connectivity index (χ4n) is 3.98. The molecule has 4 rings (SSSR count). The van der Waals surface area contributed by atoms with E-state index in [9.17, 15) is 14.4 Å².